The first-order chi connectivity index (χ1) is 9.75. The molecule has 2 aliphatic rings. The van der Waals surface area contributed by atoms with Crippen LogP contribution in [0.2, 0.25) is 0 Å². The highest BCUT2D eigenvalue weighted by Gasteiger charge is 2.36. The fourth-order valence-corrected chi connectivity index (χ4v) is 5.32. The number of sulfonamides is 1. The van der Waals surface area contributed by atoms with Crippen molar-refractivity contribution in [2.75, 3.05) is 52.1 Å². The standard InChI is InChI=1S/C11H23N3O5S2/c1-20(16,17)12-5-7-13(8-6-12)21(18,19)14-4-2-3-11(9-14)10-15/h11,15H,2-10H2,1H3. The fourth-order valence-electron chi connectivity index (χ4n) is 2.78. The lowest BCUT2D eigenvalue weighted by Crippen LogP contribution is -2.55. The Bertz CT molecular complexity index is 554. The second-order valence-electron chi connectivity index (χ2n) is 5.62. The van der Waals surface area contributed by atoms with Crippen molar-refractivity contribution in [1.29, 1.82) is 0 Å². The van der Waals surface area contributed by atoms with E-state index in [4.69, 9.17) is 0 Å². The molecule has 0 aromatic heterocycles. The summed E-state index contributed by atoms with van der Waals surface area (Å²) < 4.78 is 52.1. The molecular weight excluding hydrogens is 318 g/mol. The van der Waals surface area contributed by atoms with E-state index in [0.29, 0.717) is 13.1 Å². The molecule has 0 radical (unpaired) electrons. The van der Waals surface area contributed by atoms with Gasteiger partial charge in [-0.3, -0.25) is 0 Å². The van der Waals surface area contributed by atoms with Crippen LogP contribution in [0.1, 0.15) is 12.8 Å². The van der Waals surface area contributed by atoms with Crippen LogP contribution in [0.4, 0.5) is 0 Å². The zero-order valence-electron chi connectivity index (χ0n) is 12.2. The van der Waals surface area contributed by atoms with Gasteiger partial charge in [0.25, 0.3) is 10.2 Å². The third-order valence-corrected chi connectivity index (χ3v) is 7.36. The van der Waals surface area contributed by atoms with E-state index >= 15 is 0 Å². The molecule has 2 heterocycles. The molecule has 124 valence electrons. The van der Waals surface area contributed by atoms with Crippen molar-refractivity contribution in [3.63, 3.8) is 0 Å². The molecule has 0 aromatic rings. The largest absolute Gasteiger partial charge is 0.396 e. The first-order valence-corrected chi connectivity index (χ1v) is 10.3. The third kappa shape index (κ3) is 3.93. The van der Waals surface area contributed by atoms with Crippen LogP contribution in [0.15, 0.2) is 0 Å². The molecule has 0 amide bonds. The Morgan fingerprint density at radius 2 is 1.52 bits per heavy atom. The van der Waals surface area contributed by atoms with Crippen LogP contribution in [0.3, 0.4) is 0 Å². The number of piperazine rings is 1. The molecule has 2 aliphatic heterocycles. The van der Waals surface area contributed by atoms with Crippen LogP contribution in [0.25, 0.3) is 0 Å². The van der Waals surface area contributed by atoms with Gasteiger partial charge in [-0.15, -0.1) is 0 Å². The molecule has 1 atom stereocenters. The average molecular weight is 341 g/mol. The van der Waals surface area contributed by atoms with E-state index in [0.717, 1.165) is 19.1 Å². The van der Waals surface area contributed by atoms with E-state index in [-0.39, 0.29) is 38.7 Å². The summed E-state index contributed by atoms with van der Waals surface area (Å²) in [6.45, 7) is 1.53. The van der Waals surface area contributed by atoms with Crippen LogP contribution in [0, 0.1) is 5.92 Å². The molecule has 10 heteroatoms. The van der Waals surface area contributed by atoms with Gasteiger partial charge in [0.15, 0.2) is 0 Å². The van der Waals surface area contributed by atoms with E-state index in [1.165, 1.54) is 12.9 Å². The summed E-state index contributed by atoms with van der Waals surface area (Å²) in [6, 6.07) is 0. The second-order valence-corrected chi connectivity index (χ2v) is 9.53. The summed E-state index contributed by atoms with van der Waals surface area (Å²) in [6.07, 6.45) is 2.71. The van der Waals surface area contributed by atoms with Crippen molar-refractivity contribution in [2.45, 2.75) is 12.8 Å². The zero-order chi connectivity index (χ0) is 15.7. The molecule has 0 aliphatic carbocycles. The molecule has 2 rings (SSSR count). The van der Waals surface area contributed by atoms with E-state index in [9.17, 15) is 21.9 Å². The van der Waals surface area contributed by atoms with Crippen LogP contribution in [-0.4, -0.2) is 87.0 Å². The van der Waals surface area contributed by atoms with Gasteiger partial charge in [-0.2, -0.15) is 21.3 Å². The molecule has 2 fully saturated rings. The Labute approximate surface area is 126 Å². The Hall–Kier alpha value is -0.260. The number of piperidine rings is 1. The van der Waals surface area contributed by atoms with Crippen molar-refractivity contribution in [3.8, 4) is 0 Å². The van der Waals surface area contributed by atoms with Crippen LogP contribution in [-0.2, 0) is 20.2 Å². The lowest BCUT2D eigenvalue weighted by molar-refractivity contribution is 0.158. The molecule has 8 nitrogen and oxygen atoms in total. The maximum atomic E-state index is 12.6. The Kier molecular flexibility index (Phi) is 5.27. The highest BCUT2D eigenvalue weighted by atomic mass is 32.2. The van der Waals surface area contributed by atoms with Crippen LogP contribution in [0.5, 0.6) is 0 Å². The molecule has 2 saturated heterocycles. The Morgan fingerprint density at radius 3 is 2.05 bits per heavy atom. The van der Waals surface area contributed by atoms with E-state index in [1.807, 2.05) is 0 Å². The van der Waals surface area contributed by atoms with Gasteiger partial charge in [0.1, 0.15) is 0 Å². The summed E-state index contributed by atoms with van der Waals surface area (Å²) in [5.74, 6) is -0.00849. The van der Waals surface area contributed by atoms with E-state index < -0.39 is 20.2 Å². The maximum absolute atomic E-state index is 12.6. The predicted molar refractivity (Wildman–Crippen MR) is 78.3 cm³/mol. The number of aliphatic hydroxyl groups excluding tert-OH is 1. The van der Waals surface area contributed by atoms with Gasteiger partial charge >= 0.3 is 0 Å². The smallest absolute Gasteiger partial charge is 0.282 e. The van der Waals surface area contributed by atoms with Crippen molar-refractivity contribution >= 4 is 20.2 Å². The Balaban J connectivity index is 2.01. The van der Waals surface area contributed by atoms with Crippen LogP contribution >= 0.6 is 0 Å². The number of hydrogen-bond acceptors (Lipinski definition) is 5. The van der Waals surface area contributed by atoms with Gasteiger partial charge in [-0.1, -0.05) is 0 Å². The van der Waals surface area contributed by atoms with Crippen molar-refractivity contribution in [3.05, 3.63) is 0 Å². The Morgan fingerprint density at radius 1 is 0.952 bits per heavy atom. The van der Waals surface area contributed by atoms with Gasteiger partial charge in [0.2, 0.25) is 10.0 Å². The first-order valence-electron chi connectivity index (χ1n) is 7.06. The SMILES string of the molecule is CS(=O)(=O)N1CCN(S(=O)(=O)N2CCCC(CO)C2)CC1. The minimum absolute atomic E-state index is 0.00608. The van der Waals surface area contributed by atoms with Gasteiger partial charge in [-0.05, 0) is 18.8 Å². The highest BCUT2D eigenvalue weighted by Crippen LogP contribution is 2.22. The molecule has 21 heavy (non-hydrogen) atoms. The van der Waals surface area contributed by atoms with Gasteiger partial charge in [-0.25, -0.2) is 8.42 Å². The third-order valence-electron chi connectivity index (χ3n) is 4.06. The lowest BCUT2D eigenvalue weighted by Gasteiger charge is -2.38. The minimum atomic E-state index is -3.56. The van der Waals surface area contributed by atoms with Crippen LogP contribution < -0.4 is 0 Å². The average Bonchev–Trinajstić information content (AvgIpc) is 2.46. The van der Waals surface area contributed by atoms with E-state index in [1.54, 1.807) is 0 Å². The maximum Gasteiger partial charge on any atom is 0.282 e. The summed E-state index contributed by atoms with van der Waals surface area (Å²) in [5, 5.41) is 9.20. The van der Waals surface area contributed by atoms with Crippen molar-refractivity contribution in [2.24, 2.45) is 5.92 Å². The monoisotopic (exact) mass is 341 g/mol. The second kappa shape index (κ2) is 6.47. The molecule has 0 bridgehead atoms. The number of hydrogen-bond donors (Lipinski definition) is 1. The number of rotatable bonds is 4. The summed E-state index contributed by atoms with van der Waals surface area (Å²) >= 11 is 0. The number of nitrogens with zero attached hydrogens (tertiary/aromatic N) is 3. The van der Waals surface area contributed by atoms with Crippen molar-refractivity contribution < 1.29 is 21.9 Å². The van der Waals surface area contributed by atoms with Gasteiger partial charge in [0.05, 0.1) is 6.26 Å². The summed E-state index contributed by atoms with van der Waals surface area (Å²) in [7, 11) is -6.83. The summed E-state index contributed by atoms with van der Waals surface area (Å²) in [5.41, 5.74) is 0. The topological polar surface area (TPSA) is 98.2 Å². The van der Waals surface area contributed by atoms with Crippen molar-refractivity contribution in [1.82, 2.24) is 12.9 Å². The first kappa shape index (κ1) is 17.1. The molecule has 0 saturated carbocycles. The predicted octanol–water partition coefficient (Wildman–Crippen LogP) is -1.49. The van der Waals surface area contributed by atoms with Gasteiger partial charge in [0, 0.05) is 45.9 Å². The minimum Gasteiger partial charge on any atom is -0.396 e. The summed E-state index contributed by atoms with van der Waals surface area (Å²) in [4.78, 5) is 0. The molecular formula is C11H23N3O5S2. The molecule has 0 aromatic carbocycles. The van der Waals surface area contributed by atoms with Gasteiger partial charge < -0.3 is 5.11 Å². The normalized spacial score (nSPS) is 27.8. The molecule has 1 N–H and O–H groups in total. The lowest BCUT2D eigenvalue weighted by atomic mass is 10.0. The molecule has 1 unspecified atom stereocenters. The highest BCUT2D eigenvalue weighted by molar-refractivity contribution is 7.88. The molecule has 0 spiro atoms. The fraction of sp³-hybridized carbons (Fsp3) is 1.00. The van der Waals surface area contributed by atoms with E-state index in [2.05, 4.69) is 0 Å². The number of aliphatic hydroxyl groups is 1. The zero-order valence-corrected chi connectivity index (χ0v) is 13.8. The quantitative estimate of drug-likeness (QED) is 0.672.